The Kier molecular flexibility index (Phi) is 3.54. The highest BCUT2D eigenvalue weighted by atomic mass is 79.9. The first kappa shape index (κ1) is 13.3. The highest BCUT2D eigenvalue weighted by molar-refractivity contribution is 9.10. The van der Waals surface area contributed by atoms with E-state index in [1.165, 1.54) is 6.07 Å². The second-order valence-corrected chi connectivity index (χ2v) is 5.32. The van der Waals surface area contributed by atoms with Crippen molar-refractivity contribution in [1.82, 2.24) is 10.2 Å². The number of nitrogens with zero attached hydrogens (tertiary/aromatic N) is 2. The second-order valence-electron chi connectivity index (χ2n) is 4.11. The van der Waals surface area contributed by atoms with Crippen molar-refractivity contribution >= 4 is 49.8 Å². The van der Waals surface area contributed by atoms with E-state index in [-0.39, 0.29) is 5.82 Å². The lowest BCUT2D eigenvalue weighted by Gasteiger charge is -2.11. The van der Waals surface area contributed by atoms with E-state index in [0.29, 0.717) is 21.1 Å². The molecule has 0 aliphatic carbocycles. The quantitative estimate of drug-likeness (QED) is 0.711. The van der Waals surface area contributed by atoms with E-state index in [0.717, 1.165) is 10.8 Å². The Morgan fingerprint density at radius 3 is 2.50 bits per heavy atom. The fourth-order valence-corrected chi connectivity index (χ4v) is 2.54. The van der Waals surface area contributed by atoms with Crippen molar-refractivity contribution < 1.29 is 4.39 Å². The fourth-order valence-electron chi connectivity index (χ4n) is 1.90. The van der Waals surface area contributed by atoms with Crippen molar-refractivity contribution in [2.24, 2.45) is 0 Å². The molecule has 0 amide bonds. The molecule has 3 rings (SSSR count). The SMILES string of the molecule is Fc1cccc(Br)c1Nc1nnc(Cl)c2ccccc12. The molecule has 0 saturated heterocycles. The Labute approximate surface area is 127 Å². The van der Waals surface area contributed by atoms with Crippen molar-refractivity contribution in [3.63, 3.8) is 0 Å². The lowest BCUT2D eigenvalue weighted by atomic mass is 10.2. The third-order valence-corrected chi connectivity index (χ3v) is 3.79. The number of aromatic nitrogens is 2. The van der Waals surface area contributed by atoms with Crippen LogP contribution >= 0.6 is 27.5 Å². The fraction of sp³-hybridized carbons (Fsp3) is 0. The number of anilines is 2. The largest absolute Gasteiger partial charge is 0.335 e. The predicted octanol–water partition coefficient (Wildman–Crippen LogP) is 4.93. The Morgan fingerprint density at radius 1 is 1.00 bits per heavy atom. The van der Waals surface area contributed by atoms with Crippen molar-refractivity contribution in [2.75, 3.05) is 5.32 Å². The van der Waals surface area contributed by atoms with E-state index in [4.69, 9.17) is 11.6 Å². The van der Waals surface area contributed by atoms with Gasteiger partial charge in [0.05, 0.1) is 5.69 Å². The summed E-state index contributed by atoms with van der Waals surface area (Å²) in [6.07, 6.45) is 0. The third-order valence-electron chi connectivity index (χ3n) is 2.85. The van der Waals surface area contributed by atoms with Gasteiger partial charge in [-0.1, -0.05) is 41.9 Å². The van der Waals surface area contributed by atoms with E-state index in [9.17, 15) is 4.39 Å². The smallest absolute Gasteiger partial charge is 0.161 e. The lowest BCUT2D eigenvalue weighted by Crippen LogP contribution is -2.00. The molecular weight excluding hydrogens is 345 g/mol. The maximum Gasteiger partial charge on any atom is 0.161 e. The molecule has 3 nitrogen and oxygen atoms in total. The number of hydrogen-bond donors (Lipinski definition) is 1. The summed E-state index contributed by atoms with van der Waals surface area (Å²) in [4.78, 5) is 0. The standard InChI is InChI=1S/C14H8BrClFN3/c15-10-6-3-7-11(17)12(10)18-14-9-5-2-1-4-8(9)13(16)19-20-14/h1-7H,(H,18,20). The van der Waals surface area contributed by atoms with Gasteiger partial charge in [0.15, 0.2) is 11.0 Å². The molecule has 2 aromatic carbocycles. The van der Waals surface area contributed by atoms with Gasteiger partial charge >= 0.3 is 0 Å². The third kappa shape index (κ3) is 2.34. The van der Waals surface area contributed by atoms with Gasteiger partial charge in [-0.25, -0.2) is 4.39 Å². The van der Waals surface area contributed by atoms with Crippen LogP contribution in [0.3, 0.4) is 0 Å². The summed E-state index contributed by atoms with van der Waals surface area (Å²) in [5.41, 5.74) is 0.314. The first-order chi connectivity index (χ1) is 9.66. The van der Waals surface area contributed by atoms with Crippen LogP contribution in [0.5, 0.6) is 0 Å². The Hall–Kier alpha value is -1.72. The summed E-state index contributed by atoms with van der Waals surface area (Å²) >= 11 is 9.32. The van der Waals surface area contributed by atoms with E-state index >= 15 is 0 Å². The van der Waals surface area contributed by atoms with E-state index in [1.807, 2.05) is 24.3 Å². The molecule has 0 aliphatic heterocycles. The molecule has 0 bridgehead atoms. The van der Waals surface area contributed by atoms with Crippen molar-refractivity contribution in [2.45, 2.75) is 0 Å². The summed E-state index contributed by atoms with van der Waals surface area (Å²) in [6.45, 7) is 0. The van der Waals surface area contributed by atoms with Crippen LogP contribution in [0, 0.1) is 5.82 Å². The monoisotopic (exact) mass is 351 g/mol. The molecule has 0 fully saturated rings. The number of fused-ring (bicyclic) bond motifs is 1. The maximum atomic E-state index is 13.8. The van der Waals surface area contributed by atoms with Crippen molar-refractivity contribution in [3.8, 4) is 0 Å². The zero-order chi connectivity index (χ0) is 14.1. The molecule has 0 radical (unpaired) electrons. The highest BCUT2D eigenvalue weighted by Gasteiger charge is 2.11. The first-order valence-electron chi connectivity index (χ1n) is 5.79. The molecule has 100 valence electrons. The minimum Gasteiger partial charge on any atom is -0.335 e. The normalized spacial score (nSPS) is 10.8. The second kappa shape index (κ2) is 5.34. The number of hydrogen-bond acceptors (Lipinski definition) is 3. The van der Waals surface area contributed by atoms with Gasteiger partial charge in [0, 0.05) is 15.2 Å². The van der Waals surface area contributed by atoms with Gasteiger partial charge in [-0.3, -0.25) is 0 Å². The van der Waals surface area contributed by atoms with Crippen LogP contribution in [-0.4, -0.2) is 10.2 Å². The highest BCUT2D eigenvalue weighted by Crippen LogP contribution is 2.32. The van der Waals surface area contributed by atoms with Gasteiger partial charge in [-0.05, 0) is 28.1 Å². The summed E-state index contributed by atoms with van der Waals surface area (Å²) in [6, 6.07) is 12.2. The predicted molar refractivity (Wildman–Crippen MR) is 81.9 cm³/mol. The van der Waals surface area contributed by atoms with Crippen LogP contribution < -0.4 is 5.32 Å². The minimum atomic E-state index is -0.375. The zero-order valence-electron chi connectivity index (χ0n) is 10.1. The van der Waals surface area contributed by atoms with Gasteiger partial charge in [0.2, 0.25) is 0 Å². The van der Waals surface area contributed by atoms with Crippen LogP contribution in [0.15, 0.2) is 46.9 Å². The van der Waals surface area contributed by atoms with Gasteiger partial charge < -0.3 is 5.32 Å². The number of nitrogens with one attached hydrogen (secondary N) is 1. The molecule has 1 heterocycles. The average Bonchev–Trinajstić information content (AvgIpc) is 2.46. The Morgan fingerprint density at radius 2 is 1.75 bits per heavy atom. The molecule has 3 aromatic rings. The topological polar surface area (TPSA) is 37.8 Å². The van der Waals surface area contributed by atoms with Crippen LogP contribution in [0.1, 0.15) is 0 Å². The molecule has 0 aliphatic rings. The molecule has 1 aromatic heterocycles. The molecule has 20 heavy (non-hydrogen) atoms. The minimum absolute atomic E-state index is 0.314. The first-order valence-corrected chi connectivity index (χ1v) is 6.96. The average molecular weight is 353 g/mol. The van der Waals surface area contributed by atoms with Crippen LogP contribution in [0.25, 0.3) is 10.8 Å². The molecule has 6 heteroatoms. The van der Waals surface area contributed by atoms with Crippen LogP contribution in [0.2, 0.25) is 5.15 Å². The number of benzene rings is 2. The lowest BCUT2D eigenvalue weighted by molar-refractivity contribution is 0.631. The van der Waals surface area contributed by atoms with E-state index in [2.05, 4.69) is 31.4 Å². The summed E-state index contributed by atoms with van der Waals surface area (Å²) in [7, 11) is 0. The van der Waals surface area contributed by atoms with Crippen LogP contribution in [0.4, 0.5) is 15.9 Å². The molecule has 0 spiro atoms. The van der Waals surface area contributed by atoms with Gasteiger partial charge in [0.25, 0.3) is 0 Å². The van der Waals surface area contributed by atoms with Crippen LogP contribution in [-0.2, 0) is 0 Å². The Bertz CT molecular complexity index is 774. The summed E-state index contributed by atoms with van der Waals surface area (Å²) in [5, 5.41) is 12.7. The van der Waals surface area contributed by atoms with E-state index < -0.39 is 0 Å². The maximum absolute atomic E-state index is 13.8. The molecule has 0 saturated carbocycles. The number of halogens is 3. The molecule has 0 atom stereocenters. The summed E-state index contributed by atoms with van der Waals surface area (Å²) < 4.78 is 14.5. The van der Waals surface area contributed by atoms with Gasteiger partial charge in [-0.15, -0.1) is 10.2 Å². The van der Waals surface area contributed by atoms with Gasteiger partial charge in [-0.2, -0.15) is 0 Å². The zero-order valence-corrected chi connectivity index (χ0v) is 12.4. The number of para-hydroxylation sites is 1. The molecular formula is C14H8BrClFN3. The van der Waals surface area contributed by atoms with E-state index in [1.54, 1.807) is 12.1 Å². The van der Waals surface area contributed by atoms with Crippen molar-refractivity contribution in [1.29, 1.82) is 0 Å². The molecule has 1 N–H and O–H groups in total. The Balaban J connectivity index is 2.14. The molecule has 0 unspecified atom stereocenters. The van der Waals surface area contributed by atoms with Gasteiger partial charge in [0.1, 0.15) is 5.82 Å². The number of rotatable bonds is 2. The van der Waals surface area contributed by atoms with Crippen molar-refractivity contribution in [3.05, 3.63) is 57.9 Å². The summed E-state index contributed by atoms with van der Waals surface area (Å²) in [5.74, 6) is 0.0796.